The van der Waals surface area contributed by atoms with Crippen LogP contribution in [0.15, 0.2) is 86.8 Å². The van der Waals surface area contributed by atoms with E-state index < -0.39 is 34.8 Å². The van der Waals surface area contributed by atoms with Gasteiger partial charge in [-0.3, -0.25) is 9.36 Å². The van der Waals surface area contributed by atoms with Crippen LogP contribution < -0.4 is 25.4 Å². The summed E-state index contributed by atoms with van der Waals surface area (Å²) in [6.45, 7) is 0. The molecule has 8 nitrogen and oxygen atoms in total. The molecule has 2 heterocycles. The van der Waals surface area contributed by atoms with Gasteiger partial charge in [0.05, 0.1) is 12.6 Å². The number of para-hydroxylation sites is 1. The normalized spacial score (nSPS) is 11.6. The Bertz CT molecular complexity index is 1760. The monoisotopic (exact) mass is 511 g/mol. The molecule has 0 fully saturated rings. The van der Waals surface area contributed by atoms with Crippen molar-refractivity contribution < 1.29 is 36.9 Å². The van der Waals surface area contributed by atoms with Crippen molar-refractivity contribution in [2.24, 2.45) is 0 Å². The smallest absolute Gasteiger partial charge is 0.503 e. The maximum atomic E-state index is 13.7. The number of alkyl halides is 3. The van der Waals surface area contributed by atoms with Crippen molar-refractivity contribution in [2.75, 3.05) is 7.11 Å². The van der Waals surface area contributed by atoms with Crippen molar-refractivity contribution in [3.8, 4) is 34.4 Å². The fourth-order valence-corrected chi connectivity index (χ4v) is 3.91. The highest BCUT2D eigenvalue weighted by molar-refractivity contribution is 6.05. The highest BCUT2D eigenvalue weighted by atomic mass is 19.4. The molecule has 5 aromatic rings. The van der Waals surface area contributed by atoms with Gasteiger partial charge in [0.15, 0.2) is 11.3 Å². The molecule has 1 N–H and O–H groups in total. The molecule has 0 spiro atoms. The third kappa shape index (κ3) is 4.42. The van der Waals surface area contributed by atoms with E-state index in [9.17, 15) is 27.9 Å². The number of hydrogen-bond acceptors (Lipinski definition) is 7. The number of aromatic hydroxyl groups is 1. The molecular formula is C26H16F3NO7. The first-order valence-corrected chi connectivity index (χ1v) is 10.7. The molecule has 2 aromatic heterocycles. The predicted octanol–water partition coefficient (Wildman–Crippen LogP) is 5.50. The molecular weight excluding hydrogens is 495 g/mol. The van der Waals surface area contributed by atoms with Gasteiger partial charge in [-0.1, -0.05) is 24.3 Å². The Morgan fingerprint density at radius 3 is 2.32 bits per heavy atom. The summed E-state index contributed by atoms with van der Waals surface area (Å²) < 4.78 is 59.0. The van der Waals surface area contributed by atoms with E-state index in [2.05, 4.69) is 4.74 Å². The number of hydrogen-bond donors (Lipinski definition) is 1. The highest BCUT2D eigenvalue weighted by Crippen LogP contribution is 2.37. The molecule has 0 amide bonds. The number of pyridine rings is 1. The maximum Gasteiger partial charge on any atom is 0.573 e. The van der Waals surface area contributed by atoms with E-state index in [1.165, 1.54) is 23.8 Å². The van der Waals surface area contributed by atoms with Gasteiger partial charge in [0, 0.05) is 23.2 Å². The van der Waals surface area contributed by atoms with E-state index in [1.54, 1.807) is 48.5 Å². The van der Waals surface area contributed by atoms with E-state index in [4.69, 9.17) is 13.9 Å². The number of aromatic nitrogens is 1. The molecule has 0 saturated heterocycles. The molecule has 0 aliphatic rings. The van der Waals surface area contributed by atoms with Crippen LogP contribution in [-0.4, -0.2) is 23.1 Å². The molecule has 0 aliphatic heterocycles. The molecule has 3 aromatic carbocycles. The van der Waals surface area contributed by atoms with Crippen LogP contribution >= 0.6 is 0 Å². The highest BCUT2D eigenvalue weighted by Gasteiger charge is 2.31. The zero-order valence-electron chi connectivity index (χ0n) is 18.9. The number of nitrogens with zero attached hydrogens (tertiary/aromatic N) is 1. The van der Waals surface area contributed by atoms with Gasteiger partial charge in [-0.2, -0.15) is 0 Å². The Kier molecular flexibility index (Phi) is 5.75. The van der Waals surface area contributed by atoms with Gasteiger partial charge < -0.3 is 23.7 Å². The van der Waals surface area contributed by atoms with E-state index >= 15 is 0 Å². The average molecular weight is 511 g/mol. The second-order valence-corrected chi connectivity index (χ2v) is 7.76. The van der Waals surface area contributed by atoms with E-state index in [-0.39, 0.29) is 16.7 Å². The Balaban J connectivity index is 1.76. The van der Waals surface area contributed by atoms with Crippen LogP contribution in [0.1, 0.15) is 0 Å². The van der Waals surface area contributed by atoms with Crippen molar-refractivity contribution >= 4 is 21.9 Å². The summed E-state index contributed by atoms with van der Waals surface area (Å²) in [6.07, 6.45) is -4.95. The third-order valence-corrected chi connectivity index (χ3v) is 5.44. The summed E-state index contributed by atoms with van der Waals surface area (Å²) in [5.41, 5.74) is -1.28. The molecule has 0 aliphatic carbocycles. The Morgan fingerprint density at radius 1 is 0.892 bits per heavy atom. The molecule has 188 valence electrons. The van der Waals surface area contributed by atoms with Crippen molar-refractivity contribution in [3.05, 3.63) is 93.6 Å². The van der Waals surface area contributed by atoms with Crippen LogP contribution in [0.25, 0.3) is 27.6 Å². The summed E-state index contributed by atoms with van der Waals surface area (Å²) >= 11 is 0. The van der Waals surface area contributed by atoms with Gasteiger partial charge in [-0.15, -0.1) is 13.2 Å². The molecule has 37 heavy (non-hydrogen) atoms. The van der Waals surface area contributed by atoms with Gasteiger partial charge in [-0.25, -0.2) is 4.79 Å². The quantitative estimate of drug-likeness (QED) is 0.311. The maximum absolute atomic E-state index is 13.7. The minimum absolute atomic E-state index is 0.196. The molecule has 0 radical (unpaired) electrons. The number of methoxy groups -OCH3 is 1. The predicted molar refractivity (Wildman–Crippen MR) is 127 cm³/mol. The summed E-state index contributed by atoms with van der Waals surface area (Å²) in [5, 5.41) is 11.0. The fraction of sp³-hybridized carbons (Fsp3) is 0.0769. The molecule has 5 rings (SSSR count). The Labute approximate surface area is 205 Å². The Hall–Kier alpha value is -4.93. The topological polar surface area (TPSA) is 100 Å². The van der Waals surface area contributed by atoms with E-state index in [0.717, 1.165) is 12.1 Å². The van der Waals surface area contributed by atoms with Crippen molar-refractivity contribution in [3.63, 3.8) is 0 Å². The fourth-order valence-electron chi connectivity index (χ4n) is 3.91. The standard InChI is InChI=1S/C26H16F3NO7/c1-34-15-10-11-18-19(13-15)30(14-6-3-2-4-7-14)24(32)20-21(31)23(25(33)36-22(18)20)35-16-8-5-9-17(12-16)37-26(27,28)29/h2-13,31H,1H3. The van der Waals surface area contributed by atoms with Crippen LogP contribution in [0.5, 0.6) is 28.7 Å². The van der Waals surface area contributed by atoms with Gasteiger partial charge in [0.25, 0.3) is 11.3 Å². The van der Waals surface area contributed by atoms with Gasteiger partial charge in [0.1, 0.15) is 22.6 Å². The molecule has 11 heteroatoms. The summed E-state index contributed by atoms with van der Waals surface area (Å²) in [5.74, 6) is -2.05. The first kappa shape index (κ1) is 23.8. The number of rotatable bonds is 5. The van der Waals surface area contributed by atoms with Crippen LogP contribution in [0.4, 0.5) is 13.2 Å². The van der Waals surface area contributed by atoms with Gasteiger partial charge in [-0.05, 0) is 36.4 Å². The zero-order valence-corrected chi connectivity index (χ0v) is 18.9. The van der Waals surface area contributed by atoms with Crippen LogP contribution in [-0.2, 0) is 0 Å². The molecule has 0 saturated carbocycles. The van der Waals surface area contributed by atoms with Crippen molar-refractivity contribution in [2.45, 2.75) is 6.36 Å². The lowest BCUT2D eigenvalue weighted by atomic mass is 10.1. The van der Waals surface area contributed by atoms with E-state index in [0.29, 0.717) is 22.3 Å². The minimum Gasteiger partial charge on any atom is -0.503 e. The molecule has 0 bridgehead atoms. The lowest BCUT2D eigenvalue weighted by Crippen LogP contribution is -2.20. The summed E-state index contributed by atoms with van der Waals surface area (Å²) in [6, 6.07) is 17.6. The van der Waals surface area contributed by atoms with E-state index in [1.807, 2.05) is 0 Å². The van der Waals surface area contributed by atoms with Crippen molar-refractivity contribution in [1.82, 2.24) is 4.57 Å². The van der Waals surface area contributed by atoms with Crippen LogP contribution in [0.3, 0.4) is 0 Å². The molecule has 0 atom stereocenters. The Morgan fingerprint density at radius 2 is 1.62 bits per heavy atom. The zero-order chi connectivity index (χ0) is 26.3. The number of fused-ring (bicyclic) bond motifs is 3. The second kappa shape index (κ2) is 8.94. The molecule has 0 unspecified atom stereocenters. The van der Waals surface area contributed by atoms with Crippen molar-refractivity contribution in [1.29, 1.82) is 0 Å². The largest absolute Gasteiger partial charge is 0.573 e. The van der Waals surface area contributed by atoms with Crippen LogP contribution in [0, 0.1) is 0 Å². The minimum atomic E-state index is -4.95. The van der Waals surface area contributed by atoms with Gasteiger partial charge in [0.2, 0.25) is 0 Å². The first-order chi connectivity index (χ1) is 17.7. The summed E-state index contributed by atoms with van der Waals surface area (Å²) in [7, 11) is 1.46. The average Bonchev–Trinajstić information content (AvgIpc) is 2.86. The van der Waals surface area contributed by atoms with Gasteiger partial charge >= 0.3 is 12.0 Å². The number of halogens is 3. The number of benzene rings is 3. The lowest BCUT2D eigenvalue weighted by molar-refractivity contribution is -0.274. The lowest BCUT2D eigenvalue weighted by Gasteiger charge is -2.15. The third-order valence-electron chi connectivity index (χ3n) is 5.44. The second-order valence-electron chi connectivity index (χ2n) is 7.76. The summed E-state index contributed by atoms with van der Waals surface area (Å²) in [4.78, 5) is 26.5. The SMILES string of the molecule is COc1ccc2c3oc(=O)c(Oc4cccc(OC(F)(F)F)c4)c(O)c3c(=O)n(-c3ccccc3)c2c1. The van der Waals surface area contributed by atoms with Crippen LogP contribution in [0.2, 0.25) is 0 Å². The number of ether oxygens (including phenoxy) is 3. The first-order valence-electron chi connectivity index (χ1n) is 10.7.